The van der Waals surface area contributed by atoms with Crippen LogP contribution in [0.15, 0.2) is 48.7 Å². The molecule has 0 fully saturated rings. The highest BCUT2D eigenvalue weighted by atomic mass is 35.5. The molecule has 2 aromatic carbocycles. The van der Waals surface area contributed by atoms with Crippen molar-refractivity contribution in [3.05, 3.63) is 81.2 Å². The predicted molar refractivity (Wildman–Crippen MR) is 110 cm³/mol. The highest BCUT2D eigenvalue weighted by Gasteiger charge is 2.17. The van der Waals surface area contributed by atoms with Gasteiger partial charge in [0.1, 0.15) is 5.75 Å². The van der Waals surface area contributed by atoms with E-state index < -0.39 is 11.7 Å². The smallest absolute Gasteiger partial charge is 0.253 e. The fraction of sp³-hybridized carbons (Fsp3) is 0.0952. The molecule has 152 valence electrons. The molecule has 9 heteroatoms. The molecule has 30 heavy (non-hydrogen) atoms. The number of halogens is 3. The second-order valence-electron chi connectivity index (χ2n) is 6.01. The Balaban J connectivity index is 1.78. The number of rotatable bonds is 6. The molecule has 0 saturated heterocycles. The van der Waals surface area contributed by atoms with Crippen molar-refractivity contribution in [3.63, 3.8) is 0 Å². The van der Waals surface area contributed by atoms with Crippen molar-refractivity contribution in [2.75, 3.05) is 7.11 Å². The first-order chi connectivity index (χ1) is 14.4. The Morgan fingerprint density at radius 2 is 2.03 bits per heavy atom. The van der Waals surface area contributed by atoms with Crippen molar-refractivity contribution in [1.29, 1.82) is 5.26 Å². The first kappa shape index (κ1) is 21.4. The minimum atomic E-state index is -0.742. The summed E-state index contributed by atoms with van der Waals surface area (Å²) in [5, 5.41) is 11.9. The van der Waals surface area contributed by atoms with Gasteiger partial charge in [0.15, 0.2) is 11.6 Å². The molecule has 0 saturated carbocycles. The maximum absolute atomic E-state index is 15.0. The Morgan fingerprint density at radius 3 is 2.70 bits per heavy atom. The molecule has 3 aromatic rings. The number of nitrogens with one attached hydrogen (secondary N) is 1. The van der Waals surface area contributed by atoms with Crippen molar-refractivity contribution >= 4 is 29.1 Å². The Kier molecular flexibility index (Phi) is 6.72. The first-order valence-corrected chi connectivity index (χ1v) is 9.30. The number of pyridine rings is 1. The SMILES string of the molecule is COc1ccc(C(=O)NCc2ccc(Cl)c(Oc3cc(Cl)cc(C#N)c3)c2F)cn1. The highest BCUT2D eigenvalue weighted by Crippen LogP contribution is 2.35. The van der Waals surface area contributed by atoms with Gasteiger partial charge in [0.25, 0.3) is 5.91 Å². The van der Waals surface area contributed by atoms with E-state index in [1.807, 2.05) is 6.07 Å². The number of aromatic nitrogens is 1. The molecule has 0 unspecified atom stereocenters. The van der Waals surface area contributed by atoms with E-state index in [1.165, 1.54) is 43.6 Å². The van der Waals surface area contributed by atoms with Crippen LogP contribution in [0.4, 0.5) is 4.39 Å². The molecule has 0 aliphatic heterocycles. The minimum absolute atomic E-state index is 0.0282. The normalized spacial score (nSPS) is 10.2. The molecule has 0 spiro atoms. The number of carbonyl (C=O) groups excluding carboxylic acids is 1. The average Bonchev–Trinajstić information content (AvgIpc) is 2.75. The topological polar surface area (TPSA) is 84.2 Å². The maximum atomic E-state index is 15.0. The van der Waals surface area contributed by atoms with Crippen LogP contribution in [-0.4, -0.2) is 18.0 Å². The van der Waals surface area contributed by atoms with E-state index in [0.717, 1.165) is 0 Å². The second-order valence-corrected chi connectivity index (χ2v) is 6.85. The van der Waals surface area contributed by atoms with Gasteiger partial charge in [0.05, 0.1) is 29.3 Å². The van der Waals surface area contributed by atoms with Crippen molar-refractivity contribution in [1.82, 2.24) is 10.3 Å². The molecule has 0 radical (unpaired) electrons. The van der Waals surface area contributed by atoms with Gasteiger partial charge in [-0.3, -0.25) is 4.79 Å². The summed E-state index contributed by atoms with van der Waals surface area (Å²) in [5.74, 6) is -0.881. The van der Waals surface area contributed by atoms with Crippen LogP contribution in [0, 0.1) is 17.1 Å². The summed E-state index contributed by atoms with van der Waals surface area (Å²) >= 11 is 12.0. The van der Waals surface area contributed by atoms with Crippen molar-refractivity contribution < 1.29 is 18.7 Å². The van der Waals surface area contributed by atoms with E-state index in [-0.39, 0.29) is 39.2 Å². The van der Waals surface area contributed by atoms with Crippen LogP contribution < -0.4 is 14.8 Å². The lowest BCUT2D eigenvalue weighted by Crippen LogP contribution is -2.23. The van der Waals surface area contributed by atoms with Gasteiger partial charge in [-0.1, -0.05) is 29.3 Å². The zero-order valence-corrected chi connectivity index (χ0v) is 17.1. The average molecular weight is 446 g/mol. The number of hydrogen-bond acceptors (Lipinski definition) is 5. The van der Waals surface area contributed by atoms with Gasteiger partial charge < -0.3 is 14.8 Å². The fourth-order valence-corrected chi connectivity index (χ4v) is 2.93. The molecule has 1 aromatic heterocycles. The number of carbonyl (C=O) groups is 1. The van der Waals surface area contributed by atoms with Crippen LogP contribution in [0.3, 0.4) is 0 Å². The van der Waals surface area contributed by atoms with E-state index in [2.05, 4.69) is 10.3 Å². The number of nitriles is 1. The van der Waals surface area contributed by atoms with E-state index in [9.17, 15) is 9.18 Å². The first-order valence-electron chi connectivity index (χ1n) is 8.55. The molecule has 1 amide bonds. The lowest BCUT2D eigenvalue weighted by Gasteiger charge is -2.13. The standard InChI is InChI=1S/C21H14Cl2FN3O3/c1-29-18-5-3-14(11-26-18)21(28)27-10-13-2-4-17(23)20(19(13)24)30-16-7-12(9-25)6-15(22)8-16/h2-8,11H,10H2,1H3,(H,27,28). The minimum Gasteiger partial charge on any atom is -0.481 e. The third-order valence-corrected chi connectivity index (χ3v) is 4.51. The predicted octanol–water partition coefficient (Wildman–Crippen LogP) is 5.13. The molecule has 1 N–H and O–H groups in total. The lowest BCUT2D eigenvalue weighted by atomic mass is 10.1. The molecule has 0 bridgehead atoms. The number of amides is 1. The fourth-order valence-electron chi connectivity index (χ4n) is 2.52. The second kappa shape index (κ2) is 9.44. The Bertz CT molecular complexity index is 1130. The third kappa shape index (κ3) is 4.98. The van der Waals surface area contributed by atoms with Crippen LogP contribution in [0.25, 0.3) is 0 Å². The molecule has 6 nitrogen and oxygen atoms in total. The summed E-state index contributed by atoms with van der Waals surface area (Å²) in [6.45, 7) is -0.108. The maximum Gasteiger partial charge on any atom is 0.253 e. The van der Waals surface area contributed by atoms with Gasteiger partial charge in [-0.25, -0.2) is 9.37 Å². The van der Waals surface area contributed by atoms with Crippen LogP contribution in [-0.2, 0) is 6.54 Å². The third-order valence-electron chi connectivity index (χ3n) is 4.00. The quantitative estimate of drug-likeness (QED) is 0.568. The number of nitrogens with zero attached hydrogens (tertiary/aromatic N) is 2. The van der Waals surface area contributed by atoms with E-state index in [1.54, 1.807) is 12.1 Å². The Morgan fingerprint density at radius 1 is 1.23 bits per heavy atom. The van der Waals surface area contributed by atoms with Crippen LogP contribution in [0.2, 0.25) is 10.0 Å². The molecular formula is C21H14Cl2FN3O3. The Hall–Kier alpha value is -3.34. The van der Waals surface area contributed by atoms with Gasteiger partial charge in [0.2, 0.25) is 5.88 Å². The largest absolute Gasteiger partial charge is 0.481 e. The summed E-state index contributed by atoms with van der Waals surface area (Å²) in [6, 6.07) is 12.2. The van der Waals surface area contributed by atoms with Crippen molar-refractivity contribution in [3.8, 4) is 23.4 Å². The molecular weight excluding hydrogens is 432 g/mol. The highest BCUT2D eigenvalue weighted by molar-refractivity contribution is 6.32. The molecule has 3 rings (SSSR count). The van der Waals surface area contributed by atoms with Gasteiger partial charge in [0, 0.05) is 29.4 Å². The van der Waals surface area contributed by atoms with Crippen LogP contribution in [0.1, 0.15) is 21.5 Å². The molecule has 1 heterocycles. The number of ether oxygens (including phenoxy) is 2. The van der Waals surface area contributed by atoms with Gasteiger partial charge in [-0.2, -0.15) is 5.26 Å². The van der Waals surface area contributed by atoms with Gasteiger partial charge in [-0.15, -0.1) is 0 Å². The monoisotopic (exact) mass is 445 g/mol. The summed E-state index contributed by atoms with van der Waals surface area (Å²) in [4.78, 5) is 16.2. The lowest BCUT2D eigenvalue weighted by molar-refractivity contribution is 0.0950. The van der Waals surface area contributed by atoms with Crippen LogP contribution in [0.5, 0.6) is 17.4 Å². The van der Waals surface area contributed by atoms with E-state index in [4.69, 9.17) is 37.9 Å². The van der Waals surface area contributed by atoms with E-state index >= 15 is 0 Å². The molecule has 0 aliphatic carbocycles. The number of hydrogen-bond donors (Lipinski definition) is 1. The number of benzene rings is 2. The molecule has 0 aliphatic rings. The number of methoxy groups -OCH3 is 1. The van der Waals surface area contributed by atoms with Crippen molar-refractivity contribution in [2.24, 2.45) is 0 Å². The summed E-state index contributed by atoms with van der Waals surface area (Å²) in [7, 11) is 1.47. The Labute approximate surface area is 181 Å². The summed E-state index contributed by atoms with van der Waals surface area (Å²) in [5.41, 5.74) is 0.710. The van der Waals surface area contributed by atoms with Gasteiger partial charge >= 0.3 is 0 Å². The molecule has 0 atom stereocenters. The van der Waals surface area contributed by atoms with Crippen molar-refractivity contribution in [2.45, 2.75) is 6.54 Å². The summed E-state index contributed by atoms with van der Waals surface area (Å²) in [6.07, 6.45) is 1.35. The zero-order valence-electron chi connectivity index (χ0n) is 15.6. The van der Waals surface area contributed by atoms with Gasteiger partial charge in [-0.05, 0) is 30.3 Å². The van der Waals surface area contributed by atoms with E-state index in [0.29, 0.717) is 11.4 Å². The summed E-state index contributed by atoms with van der Waals surface area (Å²) < 4.78 is 25.5. The zero-order chi connectivity index (χ0) is 21.7. The van der Waals surface area contributed by atoms with Crippen LogP contribution >= 0.6 is 23.2 Å².